The normalized spacial score (nSPS) is 9.88. The number of carbonyl (C=O) groups is 2. The molecule has 0 aliphatic heterocycles. The Hall–Kier alpha value is -2.05. The number of nitrogens with two attached hydrogens (primary N) is 1. The molecule has 0 aliphatic rings. The minimum Gasteiger partial charge on any atom is -0.368 e. The van der Waals surface area contributed by atoms with Gasteiger partial charge in [0.05, 0.1) is 6.54 Å². The SMILES string of the molecule is CCn1nc(NC(=O)NCC(N)=O)cc1C. The largest absolute Gasteiger partial charge is 0.368 e. The summed E-state index contributed by atoms with van der Waals surface area (Å²) in [5, 5.41) is 8.93. The first-order chi connectivity index (χ1) is 7.52. The fraction of sp³-hybridized carbons (Fsp3) is 0.444. The number of primary amides is 1. The molecule has 0 aliphatic carbocycles. The molecule has 7 heteroatoms. The number of carbonyl (C=O) groups excluding carboxylic acids is 2. The van der Waals surface area contributed by atoms with Gasteiger partial charge in [-0.25, -0.2) is 4.79 Å². The smallest absolute Gasteiger partial charge is 0.320 e. The molecule has 1 heterocycles. The van der Waals surface area contributed by atoms with E-state index in [1.807, 2.05) is 13.8 Å². The van der Waals surface area contributed by atoms with Gasteiger partial charge in [-0.3, -0.25) is 14.8 Å². The highest BCUT2D eigenvalue weighted by molar-refractivity contribution is 5.91. The van der Waals surface area contributed by atoms with Crippen LogP contribution >= 0.6 is 0 Å². The summed E-state index contributed by atoms with van der Waals surface area (Å²) in [6, 6.07) is 1.24. The summed E-state index contributed by atoms with van der Waals surface area (Å²) >= 11 is 0. The van der Waals surface area contributed by atoms with Crippen molar-refractivity contribution in [1.29, 1.82) is 0 Å². The Morgan fingerprint density at radius 3 is 2.75 bits per heavy atom. The monoisotopic (exact) mass is 225 g/mol. The second-order valence-electron chi connectivity index (χ2n) is 3.26. The van der Waals surface area contributed by atoms with Crippen molar-refractivity contribution in [3.05, 3.63) is 11.8 Å². The van der Waals surface area contributed by atoms with Crippen LogP contribution in [-0.4, -0.2) is 28.3 Å². The van der Waals surface area contributed by atoms with E-state index in [4.69, 9.17) is 5.73 Å². The molecule has 0 aromatic carbocycles. The van der Waals surface area contributed by atoms with Crippen LogP contribution in [0.25, 0.3) is 0 Å². The van der Waals surface area contributed by atoms with E-state index in [1.54, 1.807) is 10.7 Å². The van der Waals surface area contributed by atoms with Gasteiger partial charge in [0.25, 0.3) is 0 Å². The van der Waals surface area contributed by atoms with E-state index in [9.17, 15) is 9.59 Å². The molecule has 0 bridgehead atoms. The lowest BCUT2D eigenvalue weighted by atomic mass is 10.4. The molecule has 0 unspecified atom stereocenters. The van der Waals surface area contributed by atoms with Crippen LogP contribution < -0.4 is 16.4 Å². The summed E-state index contributed by atoms with van der Waals surface area (Å²) in [6.07, 6.45) is 0. The molecule has 0 saturated carbocycles. The van der Waals surface area contributed by atoms with Gasteiger partial charge < -0.3 is 11.1 Å². The van der Waals surface area contributed by atoms with Gasteiger partial charge in [0.1, 0.15) is 0 Å². The third-order valence-electron chi connectivity index (χ3n) is 1.95. The molecule has 1 aromatic rings. The molecule has 0 fully saturated rings. The second-order valence-corrected chi connectivity index (χ2v) is 3.26. The molecule has 16 heavy (non-hydrogen) atoms. The number of amides is 3. The molecular formula is C9H15N5O2. The number of hydrogen-bond acceptors (Lipinski definition) is 3. The van der Waals surface area contributed by atoms with Crippen molar-refractivity contribution < 1.29 is 9.59 Å². The molecule has 1 rings (SSSR count). The topological polar surface area (TPSA) is 102 Å². The van der Waals surface area contributed by atoms with Crippen LogP contribution in [0.1, 0.15) is 12.6 Å². The Balaban J connectivity index is 2.52. The molecule has 0 atom stereocenters. The third-order valence-corrected chi connectivity index (χ3v) is 1.95. The summed E-state index contributed by atoms with van der Waals surface area (Å²) in [6.45, 7) is 4.38. The lowest BCUT2D eigenvalue weighted by Crippen LogP contribution is -2.36. The number of hydrogen-bond donors (Lipinski definition) is 3. The highest BCUT2D eigenvalue weighted by atomic mass is 16.2. The zero-order chi connectivity index (χ0) is 12.1. The van der Waals surface area contributed by atoms with Crippen LogP contribution in [0.15, 0.2) is 6.07 Å². The standard InChI is InChI=1S/C9H15N5O2/c1-3-14-6(2)4-8(13-14)12-9(16)11-5-7(10)15/h4H,3,5H2,1-2H3,(H2,10,15)(H2,11,12,13,16). The number of anilines is 1. The molecule has 4 N–H and O–H groups in total. The minimum atomic E-state index is -0.592. The van der Waals surface area contributed by atoms with E-state index in [0.29, 0.717) is 5.82 Å². The second kappa shape index (κ2) is 5.15. The Bertz CT molecular complexity index is 399. The van der Waals surface area contributed by atoms with Gasteiger partial charge in [0.2, 0.25) is 5.91 Å². The summed E-state index contributed by atoms with van der Waals surface area (Å²) in [4.78, 5) is 21.7. The number of aryl methyl sites for hydroxylation is 2. The van der Waals surface area contributed by atoms with Crippen molar-refractivity contribution in [3.8, 4) is 0 Å². The van der Waals surface area contributed by atoms with Crippen molar-refractivity contribution in [2.24, 2.45) is 5.73 Å². The third kappa shape index (κ3) is 3.26. The van der Waals surface area contributed by atoms with Crippen LogP contribution in [-0.2, 0) is 11.3 Å². The van der Waals surface area contributed by atoms with Gasteiger partial charge in [-0.15, -0.1) is 0 Å². The minimum absolute atomic E-state index is 0.195. The molecule has 7 nitrogen and oxygen atoms in total. The molecule has 3 amide bonds. The first-order valence-corrected chi connectivity index (χ1v) is 4.90. The first kappa shape index (κ1) is 12.0. The number of urea groups is 1. The Labute approximate surface area is 93.0 Å². The van der Waals surface area contributed by atoms with Crippen LogP contribution in [0.5, 0.6) is 0 Å². The molecular weight excluding hydrogens is 210 g/mol. The van der Waals surface area contributed by atoms with E-state index in [2.05, 4.69) is 15.7 Å². The summed E-state index contributed by atoms with van der Waals surface area (Å²) in [7, 11) is 0. The Kier molecular flexibility index (Phi) is 3.87. The average molecular weight is 225 g/mol. The Morgan fingerprint density at radius 1 is 1.56 bits per heavy atom. The van der Waals surface area contributed by atoms with Gasteiger partial charge in [-0.2, -0.15) is 5.10 Å². The van der Waals surface area contributed by atoms with Gasteiger partial charge in [-0.1, -0.05) is 0 Å². The average Bonchev–Trinajstić information content (AvgIpc) is 2.55. The quantitative estimate of drug-likeness (QED) is 0.662. The summed E-state index contributed by atoms with van der Waals surface area (Å²) in [5.41, 5.74) is 5.83. The van der Waals surface area contributed by atoms with Gasteiger partial charge in [0.15, 0.2) is 5.82 Å². The number of rotatable bonds is 4. The van der Waals surface area contributed by atoms with Crippen LogP contribution in [0.4, 0.5) is 10.6 Å². The van der Waals surface area contributed by atoms with Crippen LogP contribution in [0.2, 0.25) is 0 Å². The maximum Gasteiger partial charge on any atom is 0.320 e. The number of nitrogens with one attached hydrogen (secondary N) is 2. The molecule has 0 spiro atoms. The summed E-state index contributed by atoms with van der Waals surface area (Å²) < 4.78 is 1.75. The first-order valence-electron chi connectivity index (χ1n) is 4.90. The lowest BCUT2D eigenvalue weighted by molar-refractivity contribution is -0.117. The highest BCUT2D eigenvalue weighted by Gasteiger charge is 2.07. The lowest BCUT2D eigenvalue weighted by Gasteiger charge is -2.02. The highest BCUT2D eigenvalue weighted by Crippen LogP contribution is 2.07. The zero-order valence-corrected chi connectivity index (χ0v) is 9.28. The fourth-order valence-electron chi connectivity index (χ4n) is 1.22. The Morgan fingerprint density at radius 2 is 2.25 bits per heavy atom. The van der Waals surface area contributed by atoms with Crippen molar-refractivity contribution >= 4 is 17.8 Å². The van der Waals surface area contributed by atoms with Gasteiger partial charge >= 0.3 is 6.03 Å². The maximum absolute atomic E-state index is 11.2. The van der Waals surface area contributed by atoms with Crippen molar-refractivity contribution in [2.45, 2.75) is 20.4 Å². The number of nitrogens with zero attached hydrogens (tertiary/aromatic N) is 2. The zero-order valence-electron chi connectivity index (χ0n) is 9.28. The van der Waals surface area contributed by atoms with Crippen LogP contribution in [0, 0.1) is 6.92 Å². The predicted octanol–water partition coefficient (Wildman–Crippen LogP) is -0.182. The van der Waals surface area contributed by atoms with Crippen molar-refractivity contribution in [2.75, 3.05) is 11.9 Å². The summed E-state index contributed by atoms with van der Waals surface area (Å²) in [5.74, 6) is -0.147. The van der Waals surface area contributed by atoms with Crippen LogP contribution in [0.3, 0.4) is 0 Å². The van der Waals surface area contributed by atoms with E-state index in [-0.39, 0.29) is 6.54 Å². The fourth-order valence-corrected chi connectivity index (χ4v) is 1.22. The molecule has 0 radical (unpaired) electrons. The van der Waals surface area contributed by atoms with Gasteiger partial charge in [0, 0.05) is 18.3 Å². The van der Waals surface area contributed by atoms with E-state index in [0.717, 1.165) is 12.2 Å². The van der Waals surface area contributed by atoms with E-state index >= 15 is 0 Å². The van der Waals surface area contributed by atoms with Crippen molar-refractivity contribution in [1.82, 2.24) is 15.1 Å². The van der Waals surface area contributed by atoms with Crippen molar-refractivity contribution in [3.63, 3.8) is 0 Å². The van der Waals surface area contributed by atoms with E-state index in [1.165, 1.54) is 0 Å². The maximum atomic E-state index is 11.2. The molecule has 0 saturated heterocycles. The number of aromatic nitrogens is 2. The molecule has 88 valence electrons. The van der Waals surface area contributed by atoms with Gasteiger partial charge in [-0.05, 0) is 13.8 Å². The predicted molar refractivity (Wildman–Crippen MR) is 58.9 cm³/mol. The van der Waals surface area contributed by atoms with E-state index < -0.39 is 11.9 Å². The molecule has 1 aromatic heterocycles.